The molecular formula is C12H15BrO3. The number of ether oxygens (including phenoxy) is 2. The Morgan fingerprint density at radius 3 is 3.06 bits per heavy atom. The lowest BCUT2D eigenvalue weighted by Gasteiger charge is -2.12. The van der Waals surface area contributed by atoms with Gasteiger partial charge in [0.05, 0.1) is 12.7 Å². The number of aliphatic hydroxyl groups excluding tert-OH is 1. The zero-order valence-electron chi connectivity index (χ0n) is 8.99. The van der Waals surface area contributed by atoms with E-state index in [9.17, 15) is 0 Å². The lowest BCUT2D eigenvalue weighted by molar-refractivity contribution is 0.0679. The van der Waals surface area contributed by atoms with Crippen LogP contribution in [0.4, 0.5) is 0 Å². The Labute approximate surface area is 104 Å². The second-order valence-corrected chi connectivity index (χ2v) is 4.71. The number of aliphatic hydroxyl groups is 1. The number of rotatable bonds is 4. The number of halogens is 1. The summed E-state index contributed by atoms with van der Waals surface area (Å²) < 4.78 is 12.0. The van der Waals surface area contributed by atoms with Crippen LogP contribution in [-0.4, -0.2) is 24.4 Å². The van der Waals surface area contributed by atoms with E-state index in [1.807, 2.05) is 18.2 Å². The maximum absolute atomic E-state index is 9.11. The van der Waals surface area contributed by atoms with Crippen molar-refractivity contribution in [2.24, 2.45) is 0 Å². The van der Waals surface area contributed by atoms with Crippen molar-refractivity contribution in [1.82, 2.24) is 0 Å². The van der Waals surface area contributed by atoms with Crippen molar-refractivity contribution in [3.63, 3.8) is 0 Å². The SMILES string of the molecule is OCc1cc(OCC2CCCO2)ccc1Br. The highest BCUT2D eigenvalue weighted by Crippen LogP contribution is 2.23. The monoisotopic (exact) mass is 286 g/mol. The molecule has 1 fully saturated rings. The summed E-state index contributed by atoms with van der Waals surface area (Å²) in [4.78, 5) is 0. The molecule has 1 N–H and O–H groups in total. The highest BCUT2D eigenvalue weighted by molar-refractivity contribution is 9.10. The van der Waals surface area contributed by atoms with Gasteiger partial charge in [0.15, 0.2) is 0 Å². The van der Waals surface area contributed by atoms with E-state index in [4.69, 9.17) is 14.6 Å². The van der Waals surface area contributed by atoms with Crippen LogP contribution < -0.4 is 4.74 Å². The first-order valence-corrected chi connectivity index (χ1v) is 6.22. The molecular weight excluding hydrogens is 272 g/mol. The summed E-state index contributed by atoms with van der Waals surface area (Å²) in [6, 6.07) is 5.62. The van der Waals surface area contributed by atoms with Crippen molar-refractivity contribution < 1.29 is 14.6 Å². The van der Waals surface area contributed by atoms with Gasteiger partial charge < -0.3 is 14.6 Å². The lowest BCUT2D eigenvalue weighted by atomic mass is 10.2. The first kappa shape index (κ1) is 11.9. The van der Waals surface area contributed by atoms with Gasteiger partial charge in [0.1, 0.15) is 12.4 Å². The molecule has 88 valence electrons. The molecule has 1 atom stereocenters. The molecule has 1 aliphatic heterocycles. The lowest BCUT2D eigenvalue weighted by Crippen LogP contribution is -2.16. The van der Waals surface area contributed by atoms with Crippen LogP contribution in [0.25, 0.3) is 0 Å². The summed E-state index contributed by atoms with van der Waals surface area (Å²) in [5, 5.41) is 9.11. The first-order valence-electron chi connectivity index (χ1n) is 5.43. The predicted molar refractivity (Wildman–Crippen MR) is 64.5 cm³/mol. The quantitative estimate of drug-likeness (QED) is 0.924. The zero-order chi connectivity index (χ0) is 11.4. The second kappa shape index (κ2) is 5.66. The van der Waals surface area contributed by atoms with Gasteiger partial charge in [-0.15, -0.1) is 0 Å². The Morgan fingerprint density at radius 2 is 2.38 bits per heavy atom. The predicted octanol–water partition coefficient (Wildman–Crippen LogP) is 2.50. The van der Waals surface area contributed by atoms with Gasteiger partial charge in [-0.25, -0.2) is 0 Å². The van der Waals surface area contributed by atoms with Gasteiger partial charge in [-0.05, 0) is 36.6 Å². The molecule has 16 heavy (non-hydrogen) atoms. The maximum atomic E-state index is 9.11. The smallest absolute Gasteiger partial charge is 0.119 e. The summed E-state index contributed by atoms with van der Waals surface area (Å²) >= 11 is 3.37. The van der Waals surface area contributed by atoms with Crippen LogP contribution in [0.15, 0.2) is 22.7 Å². The van der Waals surface area contributed by atoms with Crippen molar-refractivity contribution in [2.45, 2.75) is 25.6 Å². The molecule has 3 nitrogen and oxygen atoms in total. The fraction of sp³-hybridized carbons (Fsp3) is 0.500. The van der Waals surface area contributed by atoms with E-state index in [-0.39, 0.29) is 12.7 Å². The van der Waals surface area contributed by atoms with E-state index in [1.54, 1.807) is 0 Å². The molecule has 0 aromatic heterocycles. The summed E-state index contributed by atoms with van der Waals surface area (Å²) in [7, 11) is 0. The molecule has 1 heterocycles. The zero-order valence-corrected chi connectivity index (χ0v) is 10.6. The molecule has 1 aromatic carbocycles. The van der Waals surface area contributed by atoms with Gasteiger partial charge in [-0.1, -0.05) is 15.9 Å². The average molecular weight is 287 g/mol. The number of hydrogen-bond acceptors (Lipinski definition) is 3. The summed E-state index contributed by atoms with van der Waals surface area (Å²) in [6.07, 6.45) is 2.42. The Morgan fingerprint density at radius 1 is 1.50 bits per heavy atom. The normalized spacial score (nSPS) is 20.0. The van der Waals surface area contributed by atoms with Gasteiger partial charge in [-0.3, -0.25) is 0 Å². The molecule has 4 heteroatoms. The molecule has 0 spiro atoms. The van der Waals surface area contributed by atoms with E-state index in [2.05, 4.69) is 15.9 Å². The molecule has 0 amide bonds. The fourth-order valence-electron chi connectivity index (χ4n) is 1.73. The highest BCUT2D eigenvalue weighted by Gasteiger charge is 2.16. The van der Waals surface area contributed by atoms with Crippen molar-refractivity contribution in [3.05, 3.63) is 28.2 Å². The molecule has 2 rings (SSSR count). The van der Waals surface area contributed by atoms with Gasteiger partial charge in [0, 0.05) is 11.1 Å². The Kier molecular flexibility index (Phi) is 4.21. The average Bonchev–Trinajstić information content (AvgIpc) is 2.81. The minimum atomic E-state index is 0.0116. The third kappa shape index (κ3) is 2.97. The van der Waals surface area contributed by atoms with Gasteiger partial charge >= 0.3 is 0 Å². The molecule has 1 unspecified atom stereocenters. The van der Waals surface area contributed by atoms with Crippen molar-refractivity contribution in [3.8, 4) is 5.75 Å². The van der Waals surface area contributed by atoms with Crippen molar-refractivity contribution >= 4 is 15.9 Å². The van der Waals surface area contributed by atoms with E-state index in [0.29, 0.717) is 6.61 Å². The molecule has 1 aromatic rings. The molecule has 0 bridgehead atoms. The minimum Gasteiger partial charge on any atom is -0.491 e. The summed E-state index contributed by atoms with van der Waals surface area (Å²) in [5.41, 5.74) is 0.838. The molecule has 0 radical (unpaired) electrons. The second-order valence-electron chi connectivity index (χ2n) is 3.86. The Hall–Kier alpha value is -0.580. The van der Waals surface area contributed by atoms with Gasteiger partial charge in [-0.2, -0.15) is 0 Å². The van der Waals surface area contributed by atoms with E-state index in [1.165, 1.54) is 0 Å². The van der Waals surface area contributed by atoms with Crippen LogP contribution in [0.5, 0.6) is 5.75 Å². The van der Waals surface area contributed by atoms with Gasteiger partial charge in [0.2, 0.25) is 0 Å². The third-order valence-corrected chi connectivity index (χ3v) is 3.42. The van der Waals surface area contributed by atoms with E-state index >= 15 is 0 Å². The highest BCUT2D eigenvalue weighted by atomic mass is 79.9. The molecule has 1 aliphatic rings. The van der Waals surface area contributed by atoms with E-state index in [0.717, 1.165) is 35.2 Å². The van der Waals surface area contributed by atoms with Gasteiger partial charge in [0.25, 0.3) is 0 Å². The molecule has 0 aliphatic carbocycles. The number of benzene rings is 1. The molecule has 1 saturated heterocycles. The van der Waals surface area contributed by atoms with Crippen molar-refractivity contribution in [1.29, 1.82) is 0 Å². The van der Waals surface area contributed by atoms with E-state index < -0.39 is 0 Å². The first-order chi connectivity index (χ1) is 7.79. The molecule has 0 saturated carbocycles. The fourth-order valence-corrected chi connectivity index (χ4v) is 2.10. The largest absolute Gasteiger partial charge is 0.491 e. The van der Waals surface area contributed by atoms with Crippen LogP contribution in [0.2, 0.25) is 0 Å². The maximum Gasteiger partial charge on any atom is 0.119 e. The van der Waals surface area contributed by atoms with Crippen LogP contribution in [0, 0.1) is 0 Å². The van der Waals surface area contributed by atoms with Crippen LogP contribution in [0.3, 0.4) is 0 Å². The van der Waals surface area contributed by atoms with Crippen LogP contribution in [-0.2, 0) is 11.3 Å². The number of hydrogen-bond donors (Lipinski definition) is 1. The van der Waals surface area contributed by atoms with Crippen molar-refractivity contribution in [2.75, 3.05) is 13.2 Å². The van der Waals surface area contributed by atoms with Crippen LogP contribution in [0.1, 0.15) is 18.4 Å². The van der Waals surface area contributed by atoms with Crippen LogP contribution >= 0.6 is 15.9 Å². The Balaban J connectivity index is 1.93. The summed E-state index contributed by atoms with van der Waals surface area (Å²) in [6.45, 7) is 1.44. The Bertz CT molecular complexity index is 348. The minimum absolute atomic E-state index is 0.0116. The summed E-state index contributed by atoms with van der Waals surface area (Å²) in [5.74, 6) is 0.780. The standard InChI is InChI=1S/C12H15BrO3/c13-12-4-3-10(6-9(12)7-14)16-8-11-2-1-5-15-11/h3-4,6,11,14H,1-2,5,7-8H2. The third-order valence-electron chi connectivity index (χ3n) is 2.65. The topological polar surface area (TPSA) is 38.7 Å².